The Kier molecular flexibility index (Phi) is 4.88. The third kappa shape index (κ3) is 3.74. The van der Waals surface area contributed by atoms with Crippen LogP contribution in [0, 0.1) is 0 Å². The number of hydrogen-bond donors (Lipinski definition) is 1. The molecule has 0 aliphatic rings. The van der Waals surface area contributed by atoms with Crippen LogP contribution in [-0.2, 0) is 10.0 Å². The first-order chi connectivity index (χ1) is 9.83. The summed E-state index contributed by atoms with van der Waals surface area (Å²) < 4.78 is 31.9. The van der Waals surface area contributed by atoms with Crippen LogP contribution in [0.2, 0.25) is 15.1 Å². The number of anilines is 1. The van der Waals surface area contributed by atoms with Crippen molar-refractivity contribution < 1.29 is 13.2 Å². The predicted octanol–water partition coefficient (Wildman–Crippen LogP) is 4.46. The first kappa shape index (κ1) is 16.2. The third-order valence-corrected chi connectivity index (χ3v) is 5.02. The third-order valence-electron chi connectivity index (χ3n) is 2.61. The van der Waals surface area contributed by atoms with Gasteiger partial charge in [-0.3, -0.25) is 4.72 Å². The highest BCUT2D eigenvalue weighted by Gasteiger charge is 2.16. The van der Waals surface area contributed by atoms with Crippen molar-refractivity contribution >= 4 is 50.5 Å². The summed E-state index contributed by atoms with van der Waals surface area (Å²) in [7, 11) is -2.33. The molecule has 0 saturated heterocycles. The summed E-state index contributed by atoms with van der Waals surface area (Å²) in [5.74, 6) is 0.394. The Hall–Kier alpha value is -1.14. The zero-order valence-electron chi connectivity index (χ0n) is 10.7. The van der Waals surface area contributed by atoms with Gasteiger partial charge in [-0.2, -0.15) is 0 Å². The maximum absolute atomic E-state index is 12.3. The summed E-state index contributed by atoms with van der Waals surface area (Å²) in [4.78, 5) is 0.0133. The van der Waals surface area contributed by atoms with E-state index in [0.29, 0.717) is 16.5 Å². The molecule has 0 radical (unpaired) electrons. The molecule has 0 heterocycles. The number of ether oxygens (including phenoxy) is 1. The summed E-state index contributed by atoms with van der Waals surface area (Å²) in [5.41, 5.74) is 0.302. The molecule has 0 amide bonds. The maximum Gasteiger partial charge on any atom is 0.261 e. The summed E-state index contributed by atoms with van der Waals surface area (Å²) in [6.45, 7) is 0. The molecule has 0 atom stereocenters. The van der Waals surface area contributed by atoms with E-state index in [0.717, 1.165) is 0 Å². The van der Waals surface area contributed by atoms with Crippen LogP contribution >= 0.6 is 34.8 Å². The Morgan fingerprint density at radius 1 is 0.952 bits per heavy atom. The van der Waals surface area contributed by atoms with Crippen LogP contribution in [0.15, 0.2) is 41.3 Å². The van der Waals surface area contributed by atoms with Gasteiger partial charge in [0.05, 0.1) is 32.8 Å². The van der Waals surface area contributed by atoms with Gasteiger partial charge in [0.2, 0.25) is 0 Å². The monoisotopic (exact) mass is 365 g/mol. The fraction of sp³-hybridized carbons (Fsp3) is 0.0769. The molecule has 112 valence electrons. The van der Waals surface area contributed by atoms with Gasteiger partial charge in [-0.05, 0) is 36.4 Å². The first-order valence-corrected chi connectivity index (χ1v) is 8.26. The van der Waals surface area contributed by atoms with Gasteiger partial charge in [0, 0.05) is 0 Å². The summed E-state index contributed by atoms with van der Waals surface area (Å²) in [6.07, 6.45) is 0. The minimum absolute atomic E-state index is 0.0133. The fourth-order valence-corrected chi connectivity index (χ4v) is 3.28. The normalized spacial score (nSPS) is 11.2. The molecular formula is C13H10Cl3NO3S. The molecule has 1 N–H and O–H groups in total. The Labute approximate surface area is 137 Å². The van der Waals surface area contributed by atoms with Crippen molar-refractivity contribution in [2.24, 2.45) is 0 Å². The molecule has 2 aromatic carbocycles. The van der Waals surface area contributed by atoms with Gasteiger partial charge < -0.3 is 4.74 Å². The van der Waals surface area contributed by atoms with E-state index in [2.05, 4.69) is 4.72 Å². The standard InChI is InChI=1S/C13H10Cl3NO3S/c1-20-13-5-3-9(7-12(13)16)21(18,19)17-8-2-4-10(14)11(15)6-8/h2-7,17H,1H3. The zero-order valence-corrected chi connectivity index (χ0v) is 13.8. The highest BCUT2D eigenvalue weighted by molar-refractivity contribution is 7.92. The minimum atomic E-state index is -3.78. The summed E-state index contributed by atoms with van der Waals surface area (Å²) in [5, 5.41) is 0.797. The van der Waals surface area contributed by atoms with Gasteiger partial charge in [-0.25, -0.2) is 8.42 Å². The number of sulfonamides is 1. The first-order valence-electron chi connectivity index (χ1n) is 5.65. The second-order valence-corrected chi connectivity index (χ2v) is 6.93. The highest BCUT2D eigenvalue weighted by Crippen LogP contribution is 2.29. The smallest absolute Gasteiger partial charge is 0.261 e. The fourth-order valence-electron chi connectivity index (χ4n) is 1.59. The molecule has 0 aromatic heterocycles. The predicted molar refractivity (Wildman–Crippen MR) is 85.3 cm³/mol. The SMILES string of the molecule is COc1ccc(S(=O)(=O)Nc2ccc(Cl)c(Cl)c2)cc1Cl. The van der Waals surface area contributed by atoms with Crippen LogP contribution in [0.3, 0.4) is 0 Å². The molecule has 0 unspecified atom stereocenters. The molecule has 0 bridgehead atoms. The lowest BCUT2D eigenvalue weighted by atomic mass is 10.3. The largest absolute Gasteiger partial charge is 0.495 e. The summed E-state index contributed by atoms with van der Waals surface area (Å²) in [6, 6.07) is 8.61. The molecule has 4 nitrogen and oxygen atoms in total. The quantitative estimate of drug-likeness (QED) is 0.869. The summed E-state index contributed by atoms with van der Waals surface area (Å²) >= 11 is 17.6. The van der Waals surface area contributed by atoms with E-state index in [9.17, 15) is 8.42 Å². The van der Waals surface area contributed by atoms with E-state index in [1.807, 2.05) is 0 Å². The number of methoxy groups -OCH3 is 1. The second-order valence-electron chi connectivity index (χ2n) is 4.03. The van der Waals surface area contributed by atoms with Crippen molar-refractivity contribution in [2.45, 2.75) is 4.90 Å². The Bertz CT molecular complexity index is 778. The second kappa shape index (κ2) is 6.32. The van der Waals surface area contributed by atoms with Gasteiger partial charge in [0.25, 0.3) is 10.0 Å². The molecule has 0 aliphatic carbocycles. The number of nitrogens with one attached hydrogen (secondary N) is 1. The molecule has 8 heteroatoms. The van der Waals surface area contributed by atoms with Gasteiger partial charge in [-0.1, -0.05) is 34.8 Å². The van der Waals surface area contributed by atoms with Gasteiger partial charge in [0.15, 0.2) is 0 Å². The van der Waals surface area contributed by atoms with Crippen molar-refractivity contribution in [1.29, 1.82) is 0 Å². The zero-order chi connectivity index (χ0) is 15.6. The van der Waals surface area contributed by atoms with Crippen LogP contribution < -0.4 is 9.46 Å². The topological polar surface area (TPSA) is 55.4 Å². The Balaban J connectivity index is 2.33. The average molecular weight is 367 g/mol. The van der Waals surface area contributed by atoms with E-state index in [4.69, 9.17) is 39.5 Å². The molecule has 0 spiro atoms. The van der Waals surface area contributed by atoms with Gasteiger partial charge in [0.1, 0.15) is 5.75 Å². The lowest BCUT2D eigenvalue weighted by Gasteiger charge is -2.10. The Morgan fingerprint density at radius 3 is 2.24 bits per heavy atom. The van der Waals surface area contributed by atoms with Crippen molar-refractivity contribution in [1.82, 2.24) is 0 Å². The van der Waals surface area contributed by atoms with Crippen LogP contribution in [-0.4, -0.2) is 15.5 Å². The molecule has 0 saturated carbocycles. The highest BCUT2D eigenvalue weighted by atomic mass is 35.5. The molecule has 2 rings (SSSR count). The molecule has 21 heavy (non-hydrogen) atoms. The Morgan fingerprint density at radius 2 is 1.67 bits per heavy atom. The number of hydrogen-bond acceptors (Lipinski definition) is 3. The molecule has 2 aromatic rings. The van der Waals surface area contributed by atoms with Crippen molar-refractivity contribution in [2.75, 3.05) is 11.8 Å². The number of rotatable bonds is 4. The van der Waals surface area contributed by atoms with Crippen LogP contribution in [0.5, 0.6) is 5.75 Å². The average Bonchev–Trinajstić information content (AvgIpc) is 2.42. The van der Waals surface area contributed by atoms with Crippen molar-refractivity contribution in [3.8, 4) is 5.75 Å². The lowest BCUT2D eigenvalue weighted by Crippen LogP contribution is -2.13. The van der Waals surface area contributed by atoms with Gasteiger partial charge in [-0.15, -0.1) is 0 Å². The number of halogens is 3. The van der Waals surface area contributed by atoms with Crippen molar-refractivity contribution in [3.63, 3.8) is 0 Å². The number of benzene rings is 2. The molecule has 0 fully saturated rings. The van der Waals surface area contributed by atoms with E-state index < -0.39 is 10.0 Å². The maximum atomic E-state index is 12.3. The van der Waals surface area contributed by atoms with Gasteiger partial charge >= 0.3 is 0 Å². The van der Waals surface area contributed by atoms with Crippen molar-refractivity contribution in [3.05, 3.63) is 51.5 Å². The van der Waals surface area contributed by atoms with Crippen LogP contribution in [0.1, 0.15) is 0 Å². The molecule has 0 aliphatic heterocycles. The van der Waals surface area contributed by atoms with E-state index >= 15 is 0 Å². The van der Waals surface area contributed by atoms with Crippen LogP contribution in [0.4, 0.5) is 5.69 Å². The lowest BCUT2D eigenvalue weighted by molar-refractivity contribution is 0.414. The minimum Gasteiger partial charge on any atom is -0.495 e. The molecular weight excluding hydrogens is 357 g/mol. The van der Waals surface area contributed by atoms with E-state index in [1.54, 1.807) is 0 Å². The van der Waals surface area contributed by atoms with Crippen LogP contribution in [0.25, 0.3) is 0 Å². The van der Waals surface area contributed by atoms with E-state index in [1.165, 1.54) is 43.5 Å². The van der Waals surface area contributed by atoms with E-state index in [-0.39, 0.29) is 14.9 Å².